The number of nitrogens with one attached hydrogen (secondary N) is 1. The molecule has 0 atom stereocenters. The molecule has 90 valence electrons. The lowest BCUT2D eigenvalue weighted by Gasteiger charge is -2.15. The number of rotatable bonds is 7. The average Bonchev–Trinajstić information content (AvgIpc) is 2.52. The van der Waals surface area contributed by atoms with Crippen molar-refractivity contribution < 1.29 is 0 Å². The lowest BCUT2D eigenvalue weighted by molar-refractivity contribution is 0.449. The van der Waals surface area contributed by atoms with Gasteiger partial charge in [-0.3, -0.25) is 0 Å². The van der Waals surface area contributed by atoms with Crippen molar-refractivity contribution in [1.29, 1.82) is 0 Å². The molecule has 1 aliphatic rings. The number of hydrogen-bond acceptors (Lipinski definition) is 1. The summed E-state index contributed by atoms with van der Waals surface area (Å²) in [4.78, 5) is 0. The fraction of sp³-hybridized carbons (Fsp3) is 1.00. The van der Waals surface area contributed by atoms with Crippen LogP contribution in [0.4, 0.5) is 0 Å². The van der Waals surface area contributed by atoms with Crippen molar-refractivity contribution in [2.75, 3.05) is 11.9 Å². The van der Waals surface area contributed by atoms with Crippen LogP contribution in [0, 0.1) is 0 Å². The quantitative estimate of drug-likeness (QED) is 0.416. The summed E-state index contributed by atoms with van der Waals surface area (Å²) in [5.41, 5.74) is 0. The zero-order chi connectivity index (χ0) is 10.8. The Balaban J connectivity index is 1.89. The van der Waals surface area contributed by atoms with Gasteiger partial charge in [-0.15, -0.1) is 0 Å². The highest BCUT2D eigenvalue weighted by Gasteiger charge is 2.10. The molecular formula is C13H26BrN. The monoisotopic (exact) mass is 275 g/mol. The third-order valence-corrected chi connectivity index (χ3v) is 3.91. The van der Waals surface area contributed by atoms with Crippen molar-refractivity contribution >= 4 is 15.9 Å². The molecule has 0 aromatic heterocycles. The predicted molar refractivity (Wildman–Crippen MR) is 71.8 cm³/mol. The normalized spacial score (nSPS) is 19.0. The minimum absolute atomic E-state index is 0.837. The van der Waals surface area contributed by atoms with Crippen molar-refractivity contribution in [3.05, 3.63) is 0 Å². The minimum atomic E-state index is 0.837. The zero-order valence-electron chi connectivity index (χ0n) is 9.94. The molecule has 0 amide bonds. The molecule has 1 rings (SSSR count). The van der Waals surface area contributed by atoms with E-state index in [1.54, 1.807) is 0 Å². The van der Waals surface area contributed by atoms with Gasteiger partial charge in [0.25, 0.3) is 0 Å². The Bertz CT molecular complexity index is 130. The lowest BCUT2D eigenvalue weighted by atomic mass is 10.1. The van der Waals surface area contributed by atoms with Gasteiger partial charge in [0.15, 0.2) is 0 Å². The van der Waals surface area contributed by atoms with E-state index in [1.165, 1.54) is 76.1 Å². The first-order valence-electron chi connectivity index (χ1n) is 6.73. The van der Waals surface area contributed by atoms with E-state index in [4.69, 9.17) is 0 Å². The van der Waals surface area contributed by atoms with Gasteiger partial charge in [0.1, 0.15) is 0 Å². The summed E-state index contributed by atoms with van der Waals surface area (Å²) in [6.07, 6.45) is 14.1. The van der Waals surface area contributed by atoms with Crippen LogP contribution in [0.5, 0.6) is 0 Å². The van der Waals surface area contributed by atoms with Crippen molar-refractivity contribution in [3.63, 3.8) is 0 Å². The summed E-state index contributed by atoms with van der Waals surface area (Å²) in [7, 11) is 0. The second-order valence-electron chi connectivity index (χ2n) is 4.75. The fourth-order valence-corrected chi connectivity index (χ4v) is 2.76. The molecule has 1 nitrogen and oxygen atoms in total. The van der Waals surface area contributed by atoms with Crippen molar-refractivity contribution in [1.82, 2.24) is 5.32 Å². The molecule has 1 saturated carbocycles. The molecule has 0 heterocycles. The molecule has 0 aromatic rings. The highest BCUT2D eigenvalue weighted by atomic mass is 79.9. The van der Waals surface area contributed by atoms with Crippen LogP contribution in [0.1, 0.15) is 64.2 Å². The Hall–Kier alpha value is 0.440. The summed E-state index contributed by atoms with van der Waals surface area (Å²) in [6, 6.07) is 0.837. The summed E-state index contributed by atoms with van der Waals surface area (Å²) in [6.45, 7) is 1.24. The summed E-state index contributed by atoms with van der Waals surface area (Å²) < 4.78 is 0. The average molecular weight is 276 g/mol. The number of alkyl halides is 1. The van der Waals surface area contributed by atoms with E-state index in [-0.39, 0.29) is 0 Å². The maximum absolute atomic E-state index is 3.73. The smallest absolute Gasteiger partial charge is 0.00670 e. The SMILES string of the molecule is BrCCCCCCNC1CCCCCC1. The van der Waals surface area contributed by atoms with Crippen molar-refractivity contribution in [2.45, 2.75) is 70.3 Å². The number of hydrogen-bond donors (Lipinski definition) is 1. The Labute approximate surface area is 104 Å². The van der Waals surface area contributed by atoms with E-state index >= 15 is 0 Å². The molecule has 0 spiro atoms. The molecule has 0 radical (unpaired) electrons. The minimum Gasteiger partial charge on any atom is -0.314 e. The lowest BCUT2D eigenvalue weighted by Crippen LogP contribution is -2.29. The first kappa shape index (κ1) is 13.5. The molecular weight excluding hydrogens is 250 g/mol. The standard InChI is InChI=1S/C13H26BrN/c14-11-7-3-4-8-12-15-13-9-5-1-2-6-10-13/h13,15H,1-12H2. The first-order valence-corrected chi connectivity index (χ1v) is 7.85. The highest BCUT2D eigenvalue weighted by molar-refractivity contribution is 9.09. The topological polar surface area (TPSA) is 12.0 Å². The van der Waals surface area contributed by atoms with Crippen molar-refractivity contribution in [3.8, 4) is 0 Å². The molecule has 1 fully saturated rings. The van der Waals surface area contributed by atoms with Gasteiger partial charge in [-0.25, -0.2) is 0 Å². The van der Waals surface area contributed by atoms with Crippen LogP contribution in [0.2, 0.25) is 0 Å². The van der Waals surface area contributed by atoms with Gasteiger partial charge >= 0.3 is 0 Å². The molecule has 0 bridgehead atoms. The van der Waals surface area contributed by atoms with Crippen LogP contribution in [-0.4, -0.2) is 17.9 Å². The summed E-state index contributed by atoms with van der Waals surface area (Å²) in [5.74, 6) is 0. The van der Waals surface area contributed by atoms with E-state index < -0.39 is 0 Å². The molecule has 0 aromatic carbocycles. The summed E-state index contributed by atoms with van der Waals surface area (Å²) >= 11 is 3.47. The Morgan fingerprint density at radius 2 is 1.53 bits per heavy atom. The van der Waals surface area contributed by atoms with E-state index in [0.29, 0.717) is 0 Å². The molecule has 15 heavy (non-hydrogen) atoms. The second-order valence-corrected chi connectivity index (χ2v) is 5.54. The van der Waals surface area contributed by atoms with Crippen LogP contribution in [-0.2, 0) is 0 Å². The molecule has 0 unspecified atom stereocenters. The highest BCUT2D eigenvalue weighted by Crippen LogP contribution is 2.17. The van der Waals surface area contributed by atoms with Gasteiger partial charge in [-0.1, -0.05) is 54.5 Å². The van der Waals surface area contributed by atoms with Crippen LogP contribution in [0.3, 0.4) is 0 Å². The van der Waals surface area contributed by atoms with Crippen molar-refractivity contribution in [2.24, 2.45) is 0 Å². The maximum Gasteiger partial charge on any atom is 0.00670 e. The second kappa shape index (κ2) is 9.65. The van der Waals surface area contributed by atoms with Gasteiger partial charge < -0.3 is 5.32 Å². The van der Waals surface area contributed by atoms with E-state index in [1.807, 2.05) is 0 Å². The molecule has 1 aliphatic carbocycles. The Kier molecular flexibility index (Phi) is 8.69. The molecule has 1 N–H and O–H groups in total. The fourth-order valence-electron chi connectivity index (χ4n) is 2.36. The largest absolute Gasteiger partial charge is 0.314 e. The van der Waals surface area contributed by atoms with Crippen LogP contribution < -0.4 is 5.32 Å². The first-order chi connectivity index (χ1) is 7.43. The van der Waals surface area contributed by atoms with Gasteiger partial charge in [0.2, 0.25) is 0 Å². The van der Waals surface area contributed by atoms with Gasteiger partial charge in [-0.2, -0.15) is 0 Å². The third-order valence-electron chi connectivity index (χ3n) is 3.35. The van der Waals surface area contributed by atoms with Crippen LogP contribution in [0.25, 0.3) is 0 Å². The number of unbranched alkanes of at least 4 members (excludes halogenated alkanes) is 3. The van der Waals surface area contributed by atoms with E-state index in [2.05, 4.69) is 21.2 Å². The molecule has 2 heteroatoms. The van der Waals surface area contributed by atoms with E-state index in [9.17, 15) is 0 Å². The van der Waals surface area contributed by atoms with Gasteiger partial charge in [0.05, 0.1) is 0 Å². The molecule has 0 saturated heterocycles. The maximum atomic E-state index is 3.73. The van der Waals surface area contributed by atoms with Crippen LogP contribution in [0.15, 0.2) is 0 Å². The van der Waals surface area contributed by atoms with Gasteiger partial charge in [0, 0.05) is 11.4 Å². The molecule has 0 aliphatic heterocycles. The Morgan fingerprint density at radius 1 is 0.867 bits per heavy atom. The summed E-state index contributed by atoms with van der Waals surface area (Å²) in [5, 5.41) is 4.90. The van der Waals surface area contributed by atoms with Gasteiger partial charge in [-0.05, 0) is 32.2 Å². The third kappa shape index (κ3) is 7.35. The Morgan fingerprint density at radius 3 is 2.20 bits per heavy atom. The number of halogens is 1. The zero-order valence-corrected chi connectivity index (χ0v) is 11.5. The predicted octanol–water partition coefficient (Wildman–Crippen LogP) is 4.25. The van der Waals surface area contributed by atoms with Crippen LogP contribution >= 0.6 is 15.9 Å². The van der Waals surface area contributed by atoms with E-state index in [0.717, 1.165) is 6.04 Å².